The van der Waals surface area contributed by atoms with Crippen LogP contribution in [0.3, 0.4) is 0 Å². The molecular weight excluding hydrogens is 1640 g/mol. The van der Waals surface area contributed by atoms with E-state index in [1.165, 1.54) is 141 Å². The molecule has 3 aliphatic carbocycles. The summed E-state index contributed by atoms with van der Waals surface area (Å²) in [4.78, 5) is 15.9. The quantitative estimate of drug-likeness (QED) is 0.0251. The summed E-state index contributed by atoms with van der Waals surface area (Å²) < 4.78 is 0. The molecule has 0 atom stereocenters. The molecule has 3 saturated carbocycles. The van der Waals surface area contributed by atoms with Crippen molar-refractivity contribution in [2.75, 3.05) is 69.7 Å². The van der Waals surface area contributed by atoms with Crippen LogP contribution in [-0.2, 0) is 17.3 Å². The van der Waals surface area contributed by atoms with Gasteiger partial charge in [0.25, 0.3) is 0 Å². The number of aliphatic hydroxyl groups excluding tert-OH is 2. The Morgan fingerprint density at radius 3 is 1.22 bits per heavy atom. The van der Waals surface area contributed by atoms with Crippen molar-refractivity contribution in [3.05, 3.63) is 228 Å². The minimum Gasteiger partial charge on any atom is -0.396 e. The van der Waals surface area contributed by atoms with Crippen LogP contribution in [0.25, 0.3) is 0 Å². The van der Waals surface area contributed by atoms with E-state index in [4.69, 9.17) is 21.7 Å². The molecule has 0 radical (unpaired) electrons. The molecule has 11 rings (SSSR count). The third kappa shape index (κ3) is 76.0. The molecule has 4 aromatic heterocycles. The third-order valence-corrected chi connectivity index (χ3v) is 23.9. The number of nitrogens with two attached hydrogens (primary N) is 2. The van der Waals surface area contributed by atoms with Crippen molar-refractivity contribution in [1.29, 1.82) is 0 Å². The molecule has 0 unspecified atom stereocenters. The van der Waals surface area contributed by atoms with Crippen LogP contribution in [0.1, 0.15) is 384 Å². The number of hydrogen-bond donors (Lipinski definition) is 8. The van der Waals surface area contributed by atoms with Crippen LogP contribution in [-0.4, -0.2) is 95.2 Å². The first kappa shape index (κ1) is 129. The van der Waals surface area contributed by atoms with Gasteiger partial charge in [-0.25, -0.2) is 0 Å². The number of para-hydroxylation sites is 1. The van der Waals surface area contributed by atoms with Gasteiger partial charge >= 0.3 is 0 Å². The summed E-state index contributed by atoms with van der Waals surface area (Å²) in [5, 5.41) is 30.9. The number of hydrogen-bond acceptors (Lipinski definition) is 12. The number of nitrogens with zero attached hydrogens (tertiary/aromatic N) is 4. The van der Waals surface area contributed by atoms with E-state index < -0.39 is 0 Å². The van der Waals surface area contributed by atoms with E-state index in [9.17, 15) is 0 Å². The molecular formula is C122H210N10O2. The van der Waals surface area contributed by atoms with Gasteiger partial charge < -0.3 is 42.9 Å². The van der Waals surface area contributed by atoms with Crippen molar-refractivity contribution in [2.45, 2.75) is 382 Å². The van der Waals surface area contributed by atoms with Gasteiger partial charge in [0.1, 0.15) is 0 Å². The minimum atomic E-state index is 0.0648. The number of rotatable bonds is 21. The lowest BCUT2D eigenvalue weighted by Crippen LogP contribution is -2.40. The van der Waals surface area contributed by atoms with Crippen LogP contribution in [0, 0.1) is 105 Å². The van der Waals surface area contributed by atoms with Gasteiger partial charge in [0.15, 0.2) is 0 Å². The lowest BCUT2D eigenvalue weighted by atomic mass is 9.81. The molecule has 7 aromatic rings. The van der Waals surface area contributed by atoms with Gasteiger partial charge in [0, 0.05) is 112 Å². The van der Waals surface area contributed by atoms with Crippen molar-refractivity contribution in [3.8, 4) is 11.8 Å². The molecule has 12 heteroatoms. The molecule has 1 aliphatic heterocycles. The van der Waals surface area contributed by atoms with Gasteiger partial charge in [0.2, 0.25) is 0 Å². The Kier molecular flexibility index (Phi) is 64.7. The van der Waals surface area contributed by atoms with Crippen LogP contribution in [0.5, 0.6) is 0 Å². The third-order valence-electron chi connectivity index (χ3n) is 23.9. The van der Waals surface area contributed by atoms with Gasteiger partial charge in [-0.15, -0.1) is 5.92 Å². The molecule has 0 spiro atoms. The molecule has 0 bridgehead atoms. The number of nitrogens with one attached hydrogen (secondary N) is 4. The SMILES string of the molecule is CC(C)(C)C/C=C/C1CC1.CC(C)(C)CC#CC1CC1.CC(C)(C)CCNC1CCNCC1.CC(C)(C)CCNc1ccccc1.CC(C)(C)CCNc1ccncc1.CC(C)(C)Cc1ccncc1.CC(C)(C)c1ccccc1.CC(C)C(C)(C)CN.CC(C)C(CO)CO.CC(C)C1(CN)CC1.CC(C)c1ccncc1.Cc1ccc(C(C)(C)C)cc1.Cc1cnccc1C(C)C. The highest BCUT2D eigenvalue weighted by molar-refractivity contribution is 5.42. The van der Waals surface area contributed by atoms with Gasteiger partial charge in [-0.3, -0.25) is 19.9 Å². The highest BCUT2D eigenvalue weighted by Crippen LogP contribution is 2.50. The Morgan fingerprint density at radius 2 is 0.903 bits per heavy atom. The number of allylic oxidation sites excluding steroid dienone is 2. The number of piperidine rings is 1. The fourth-order valence-electron chi connectivity index (χ4n) is 12.3. The molecule has 3 aromatic carbocycles. The Bertz CT molecular complexity index is 3950. The molecule has 760 valence electrons. The van der Waals surface area contributed by atoms with Gasteiger partial charge in [-0.2, -0.15) is 0 Å². The van der Waals surface area contributed by atoms with Crippen LogP contribution in [0.4, 0.5) is 11.4 Å². The highest BCUT2D eigenvalue weighted by Gasteiger charge is 2.43. The number of aryl methyl sites for hydroxylation is 2. The predicted octanol–water partition coefficient (Wildman–Crippen LogP) is 31.4. The summed E-state index contributed by atoms with van der Waals surface area (Å²) in [6, 6.07) is 44.7. The normalized spacial score (nSPS) is 14.1. The zero-order chi connectivity index (χ0) is 103. The lowest BCUT2D eigenvalue weighted by Gasteiger charge is -2.26. The number of anilines is 2. The highest BCUT2D eigenvalue weighted by atomic mass is 16.3. The molecule has 4 fully saturated rings. The second-order valence-corrected chi connectivity index (χ2v) is 49.3. The van der Waals surface area contributed by atoms with Crippen molar-refractivity contribution in [2.24, 2.45) is 90.3 Å². The molecule has 5 heterocycles. The average Bonchev–Trinajstić information content (AvgIpc) is 1.65. The van der Waals surface area contributed by atoms with Crippen LogP contribution in [0.2, 0.25) is 0 Å². The van der Waals surface area contributed by atoms with E-state index in [2.05, 4.69) is 412 Å². The van der Waals surface area contributed by atoms with Gasteiger partial charge in [0.05, 0.1) is 0 Å². The molecule has 10 N–H and O–H groups in total. The summed E-state index contributed by atoms with van der Waals surface area (Å²) in [5.74, 6) is 11.4. The first-order valence-electron chi connectivity index (χ1n) is 51.5. The van der Waals surface area contributed by atoms with Crippen molar-refractivity contribution in [1.82, 2.24) is 30.6 Å². The second-order valence-electron chi connectivity index (χ2n) is 49.3. The van der Waals surface area contributed by atoms with Crippen molar-refractivity contribution >= 4 is 11.4 Å². The molecule has 134 heavy (non-hydrogen) atoms. The van der Waals surface area contributed by atoms with Gasteiger partial charge in [-0.1, -0.05) is 346 Å². The molecule has 0 amide bonds. The maximum absolute atomic E-state index is 8.54. The number of pyridine rings is 4. The van der Waals surface area contributed by atoms with E-state index in [1.54, 1.807) is 12.4 Å². The molecule has 1 saturated heterocycles. The standard InChI is InChI=1S/C12H19N.C11H24N2.C11H18N2.C11H16.C10H15N.C10H18.C10H16.C10H14.C9H13N.C8H11N.C7H15N.C7H17N.C6H14O2/c1-12(2,3)9-10-13-11-7-5-4-6-8-11;2*1-11(2,3)6-9-13-10-4-7-12-8-5-10;1-9-5-7-10(8-6-9)11(2,3)4;1-10(2,3)8-9-4-6-11-7-5-9;2*1-10(2,3)8-4-5-9-6-7-9;1-10(2,3)9-7-5-4-6-8-9;1-7(2)9-4-5-10-6-8(9)3;1-7(2)8-3-5-9-6-4-8;1-6(2)7(5-8)3-4-7;1-6(2)7(3,4)5-8;1-5(2)6(3-7)4-8/h4-8,13H,9-10H2,1-3H3;10,12-13H,4-9H2,1-3H3;4-5,7-8H,6,9H2,1-3H3,(H,12,13);5-8H,1-4H3;4-7H,8H2,1-3H3;4-5,9H,6-8H2,1-3H3;9H,6-8H2,1-3H3;4-8H,1-3H3;4-7H,1-3H3;3-7H,1-2H3;6H,3-5,8H2,1-2H3;6H,5,8H2,1-4H3;5-8H,3-4H2,1-2H3/b;;;;;5-4+;;;;;;;. The lowest BCUT2D eigenvalue weighted by molar-refractivity contribution is 0.118. The maximum Gasteiger partial charge on any atom is 0.0483 e. The van der Waals surface area contributed by atoms with Crippen LogP contribution >= 0.6 is 0 Å². The fraction of sp³-hybridized carbons (Fsp3) is 0.656. The van der Waals surface area contributed by atoms with E-state index in [0.29, 0.717) is 72.4 Å². The van der Waals surface area contributed by atoms with Crippen molar-refractivity contribution < 1.29 is 10.2 Å². The van der Waals surface area contributed by atoms with Gasteiger partial charge in [-0.05, 0) is 308 Å². The first-order valence-corrected chi connectivity index (χ1v) is 51.5. The van der Waals surface area contributed by atoms with Crippen LogP contribution < -0.4 is 32.7 Å². The molecule has 4 aliphatic rings. The number of benzene rings is 3. The smallest absolute Gasteiger partial charge is 0.0483 e. The zero-order valence-electron chi connectivity index (χ0n) is 93.7. The van der Waals surface area contributed by atoms with E-state index in [-0.39, 0.29) is 24.5 Å². The average molecular weight is 1850 g/mol. The number of aliphatic hydroxyl groups is 2. The predicted molar refractivity (Wildman–Crippen MR) is 594 cm³/mol. The Hall–Kier alpha value is -7.08. The first-order chi connectivity index (χ1) is 62.0. The van der Waals surface area contributed by atoms with Crippen LogP contribution in [0.15, 0.2) is 189 Å². The monoisotopic (exact) mass is 1850 g/mol. The Labute approximate surface area is 828 Å². The van der Waals surface area contributed by atoms with E-state index in [1.807, 2.05) is 81.4 Å². The summed E-state index contributed by atoms with van der Waals surface area (Å²) in [6.07, 6.45) is 37.4. The van der Waals surface area contributed by atoms with E-state index in [0.717, 1.165) is 68.5 Å². The summed E-state index contributed by atoms with van der Waals surface area (Å²) in [5.41, 5.74) is 27.0. The topological polar surface area (TPSA) is 192 Å². The summed E-state index contributed by atoms with van der Waals surface area (Å²) in [6.45, 7) is 91.8. The van der Waals surface area contributed by atoms with E-state index >= 15 is 0 Å². The zero-order valence-corrected chi connectivity index (χ0v) is 93.7. The molecule has 12 nitrogen and oxygen atoms in total. The summed E-state index contributed by atoms with van der Waals surface area (Å²) >= 11 is 0. The summed E-state index contributed by atoms with van der Waals surface area (Å²) in [7, 11) is 0. The van der Waals surface area contributed by atoms with Crippen molar-refractivity contribution in [3.63, 3.8) is 0 Å². The number of aromatic nitrogens is 4. The second kappa shape index (κ2) is 67.3. The minimum absolute atomic E-state index is 0.0648. The Balaban J connectivity index is 0. The maximum atomic E-state index is 8.54. The largest absolute Gasteiger partial charge is 0.396 e. The Morgan fingerprint density at radius 1 is 0.470 bits per heavy atom. The fourth-order valence-corrected chi connectivity index (χ4v) is 12.3.